The van der Waals surface area contributed by atoms with E-state index >= 15 is 0 Å². The van der Waals surface area contributed by atoms with Crippen LogP contribution >= 0.6 is 0 Å². The molecule has 2 atom stereocenters. The summed E-state index contributed by atoms with van der Waals surface area (Å²) in [5, 5.41) is 12.0. The quantitative estimate of drug-likeness (QED) is 0.824. The Morgan fingerprint density at radius 1 is 1.29 bits per heavy atom. The molecule has 1 aliphatic heterocycles. The number of aliphatic hydroxyl groups excluding tert-OH is 1. The highest BCUT2D eigenvalue weighted by molar-refractivity contribution is 6.07. The summed E-state index contributed by atoms with van der Waals surface area (Å²) in [5.74, 6) is -0.680. The summed E-state index contributed by atoms with van der Waals surface area (Å²) in [6, 6.07) is 4.53. The molecule has 0 spiro atoms. The van der Waals surface area contributed by atoms with Gasteiger partial charge in [-0.15, -0.1) is 0 Å². The van der Waals surface area contributed by atoms with Gasteiger partial charge in [0.25, 0.3) is 5.91 Å². The first-order valence-corrected chi connectivity index (χ1v) is 7.40. The smallest absolute Gasteiger partial charge is 0.391 e. The Hall–Kier alpha value is -2.09. The van der Waals surface area contributed by atoms with Crippen LogP contribution in [0.5, 0.6) is 0 Å². The molecule has 8 heteroatoms. The fourth-order valence-corrected chi connectivity index (χ4v) is 2.96. The predicted molar refractivity (Wildman–Crippen MR) is 80.2 cm³/mol. The van der Waals surface area contributed by atoms with Gasteiger partial charge in [-0.3, -0.25) is 9.69 Å². The summed E-state index contributed by atoms with van der Waals surface area (Å²) < 4.78 is 37.0. The Balaban J connectivity index is 2.24. The van der Waals surface area contributed by atoms with Gasteiger partial charge in [0.05, 0.1) is 19.1 Å². The van der Waals surface area contributed by atoms with E-state index < -0.39 is 42.7 Å². The van der Waals surface area contributed by atoms with Crippen LogP contribution < -0.4 is 5.32 Å². The second kappa shape index (κ2) is 6.08. The molecule has 1 saturated heterocycles. The van der Waals surface area contributed by atoms with Crippen molar-refractivity contribution in [1.82, 2.24) is 10.2 Å². The molecule has 5 nitrogen and oxygen atoms in total. The third-order valence-electron chi connectivity index (χ3n) is 4.06. The zero-order valence-electron chi connectivity index (χ0n) is 13.6. The molecule has 0 radical (unpaired) electrons. The monoisotopic (exact) mass is 344 g/mol. The number of hydrogen-bond donors (Lipinski definition) is 2. The van der Waals surface area contributed by atoms with Crippen LogP contribution in [0.4, 0.5) is 18.0 Å². The van der Waals surface area contributed by atoms with Crippen molar-refractivity contribution in [3.63, 3.8) is 0 Å². The number of imide groups is 1. The number of carbonyl (C=O) groups excluding carboxylic acids is 2. The molecular weight excluding hydrogens is 325 g/mol. The minimum absolute atomic E-state index is 0.569. The van der Waals surface area contributed by atoms with Gasteiger partial charge >= 0.3 is 12.2 Å². The highest BCUT2D eigenvalue weighted by Gasteiger charge is 2.50. The van der Waals surface area contributed by atoms with E-state index in [1.807, 2.05) is 13.0 Å². The number of urea groups is 1. The van der Waals surface area contributed by atoms with Gasteiger partial charge in [-0.05, 0) is 31.9 Å². The minimum atomic E-state index is -4.57. The fourth-order valence-electron chi connectivity index (χ4n) is 2.96. The molecule has 1 fully saturated rings. The maximum absolute atomic E-state index is 12.6. The van der Waals surface area contributed by atoms with Crippen LogP contribution in [0.3, 0.4) is 0 Å². The molecule has 2 rings (SSSR count). The molecule has 1 aliphatic rings. The van der Waals surface area contributed by atoms with E-state index in [0.29, 0.717) is 10.5 Å². The number of carbonyl (C=O) groups is 2. The van der Waals surface area contributed by atoms with E-state index in [9.17, 15) is 27.9 Å². The average Bonchev–Trinajstić information content (AvgIpc) is 2.61. The first-order valence-electron chi connectivity index (χ1n) is 7.40. The fraction of sp³-hybridized carbons (Fsp3) is 0.500. The van der Waals surface area contributed by atoms with Gasteiger partial charge in [-0.1, -0.05) is 23.8 Å². The van der Waals surface area contributed by atoms with Gasteiger partial charge in [0.15, 0.2) is 0 Å². The maximum atomic E-state index is 12.6. The lowest BCUT2D eigenvalue weighted by Gasteiger charge is -2.25. The molecule has 3 amide bonds. The number of benzene rings is 1. The zero-order valence-corrected chi connectivity index (χ0v) is 13.6. The Labute approximate surface area is 137 Å². The second-order valence-corrected chi connectivity index (χ2v) is 6.26. The molecular formula is C16H19F3N2O3. The highest BCUT2D eigenvalue weighted by atomic mass is 19.4. The first-order chi connectivity index (χ1) is 10.9. The first kappa shape index (κ1) is 18.3. The van der Waals surface area contributed by atoms with Crippen molar-refractivity contribution in [3.8, 4) is 0 Å². The lowest BCUT2D eigenvalue weighted by Crippen LogP contribution is -2.43. The van der Waals surface area contributed by atoms with Gasteiger partial charge in [0, 0.05) is 0 Å². The van der Waals surface area contributed by atoms with E-state index in [1.165, 1.54) is 6.92 Å². The number of amides is 3. The molecule has 132 valence electrons. The summed E-state index contributed by atoms with van der Waals surface area (Å²) in [6.07, 6.45) is -7.92. The third kappa shape index (κ3) is 3.53. The third-order valence-corrected chi connectivity index (χ3v) is 4.06. The molecule has 2 N–H and O–H groups in total. The van der Waals surface area contributed by atoms with Crippen LogP contribution in [0, 0.1) is 13.8 Å². The number of nitrogens with zero attached hydrogens (tertiary/aromatic N) is 1. The Morgan fingerprint density at radius 3 is 2.46 bits per heavy atom. The largest absolute Gasteiger partial charge is 0.391 e. The zero-order chi connectivity index (χ0) is 18.3. The second-order valence-electron chi connectivity index (χ2n) is 6.26. The molecule has 1 aromatic carbocycles. The lowest BCUT2D eigenvalue weighted by molar-refractivity contribution is -0.156. The number of rotatable bonds is 4. The van der Waals surface area contributed by atoms with Gasteiger partial charge in [-0.25, -0.2) is 4.79 Å². The van der Waals surface area contributed by atoms with Crippen LogP contribution in [-0.2, 0) is 10.3 Å². The summed E-state index contributed by atoms with van der Waals surface area (Å²) in [4.78, 5) is 25.3. The number of nitrogens with one attached hydrogen (secondary N) is 1. The molecule has 0 saturated carbocycles. The van der Waals surface area contributed by atoms with E-state index in [2.05, 4.69) is 5.32 Å². The molecule has 0 aromatic heterocycles. The molecule has 0 bridgehead atoms. The van der Waals surface area contributed by atoms with Crippen molar-refractivity contribution in [1.29, 1.82) is 0 Å². The topological polar surface area (TPSA) is 69.6 Å². The van der Waals surface area contributed by atoms with Gasteiger partial charge in [-0.2, -0.15) is 13.2 Å². The standard InChI is InChI=1S/C16H19F3N2O3/c1-9-4-5-12(10(2)6-9)15(3)13(23)21(14(24)20-15)8-11(22)7-16(17,18)19/h4-6,11,22H,7-8H2,1-3H3,(H,20,24)/t11-,15-/m1/s1. The van der Waals surface area contributed by atoms with Crippen molar-refractivity contribution < 1.29 is 27.9 Å². The molecule has 0 aliphatic carbocycles. The summed E-state index contributed by atoms with van der Waals surface area (Å²) >= 11 is 0. The number of halogens is 3. The van der Waals surface area contributed by atoms with Gasteiger partial charge in [0.2, 0.25) is 0 Å². The van der Waals surface area contributed by atoms with Crippen molar-refractivity contribution in [2.45, 2.75) is 45.0 Å². The number of aliphatic hydroxyl groups is 1. The molecule has 1 heterocycles. The number of alkyl halides is 3. The number of hydrogen-bond acceptors (Lipinski definition) is 3. The Bertz CT molecular complexity index is 675. The molecule has 1 aromatic rings. The highest BCUT2D eigenvalue weighted by Crippen LogP contribution is 2.32. The number of aryl methyl sites for hydroxylation is 2. The van der Waals surface area contributed by atoms with E-state index in [4.69, 9.17) is 0 Å². The van der Waals surface area contributed by atoms with Crippen LogP contribution in [-0.4, -0.2) is 40.8 Å². The predicted octanol–water partition coefficient (Wildman–Crippen LogP) is 2.38. The summed E-state index contributed by atoms with van der Waals surface area (Å²) in [6.45, 7) is 4.47. The van der Waals surface area contributed by atoms with Crippen molar-refractivity contribution in [2.24, 2.45) is 0 Å². The van der Waals surface area contributed by atoms with Crippen LogP contribution in [0.25, 0.3) is 0 Å². The van der Waals surface area contributed by atoms with Crippen LogP contribution in [0.2, 0.25) is 0 Å². The van der Waals surface area contributed by atoms with Gasteiger partial charge < -0.3 is 10.4 Å². The Kier molecular flexibility index (Phi) is 4.63. The molecule has 0 unspecified atom stereocenters. The van der Waals surface area contributed by atoms with E-state index in [1.54, 1.807) is 19.1 Å². The molecule has 24 heavy (non-hydrogen) atoms. The lowest BCUT2D eigenvalue weighted by atomic mass is 9.87. The SMILES string of the molecule is Cc1ccc([C@@]2(C)NC(=O)N(C[C@H](O)CC(F)(F)F)C2=O)c(C)c1. The summed E-state index contributed by atoms with van der Waals surface area (Å²) in [7, 11) is 0. The average molecular weight is 344 g/mol. The normalized spacial score (nSPS) is 22.7. The minimum Gasteiger partial charge on any atom is -0.391 e. The Morgan fingerprint density at radius 2 is 1.92 bits per heavy atom. The van der Waals surface area contributed by atoms with Crippen molar-refractivity contribution in [3.05, 3.63) is 34.9 Å². The van der Waals surface area contributed by atoms with Crippen molar-refractivity contribution >= 4 is 11.9 Å². The maximum Gasteiger partial charge on any atom is 0.391 e. The van der Waals surface area contributed by atoms with Crippen LogP contribution in [0.15, 0.2) is 18.2 Å². The van der Waals surface area contributed by atoms with E-state index in [0.717, 1.165) is 11.1 Å². The summed E-state index contributed by atoms with van der Waals surface area (Å²) in [5.41, 5.74) is 0.962. The van der Waals surface area contributed by atoms with Crippen LogP contribution in [0.1, 0.15) is 30.0 Å². The van der Waals surface area contributed by atoms with E-state index in [-0.39, 0.29) is 0 Å². The van der Waals surface area contributed by atoms with Crippen molar-refractivity contribution in [2.75, 3.05) is 6.54 Å². The number of β-amino-alcohol motifs (C(OH)–C–C–N with tert-alkyl or cyclic N) is 1. The van der Waals surface area contributed by atoms with Gasteiger partial charge in [0.1, 0.15) is 5.54 Å².